The van der Waals surface area contributed by atoms with Crippen molar-refractivity contribution in [1.82, 2.24) is 9.97 Å². The van der Waals surface area contributed by atoms with E-state index >= 15 is 0 Å². The quantitative estimate of drug-likeness (QED) is 0.683. The van der Waals surface area contributed by atoms with Crippen molar-refractivity contribution in [1.29, 1.82) is 0 Å². The first-order chi connectivity index (χ1) is 12.1. The molecule has 25 heavy (non-hydrogen) atoms. The zero-order chi connectivity index (χ0) is 17.2. The minimum Gasteiger partial charge on any atom is -0.437 e. The summed E-state index contributed by atoms with van der Waals surface area (Å²) in [5, 5.41) is 21.2. The van der Waals surface area contributed by atoms with Crippen molar-refractivity contribution in [3.63, 3.8) is 0 Å². The van der Waals surface area contributed by atoms with Gasteiger partial charge in [0.05, 0.1) is 10.9 Å². The molecule has 8 heteroatoms. The number of fused-ring (bicyclic) bond motifs is 2. The average molecular weight is 377 g/mol. The molecule has 1 aliphatic carbocycles. The number of alkyl halides is 1. The highest BCUT2D eigenvalue weighted by Gasteiger charge is 2.76. The minimum atomic E-state index is -1.38. The van der Waals surface area contributed by atoms with Crippen LogP contribution in [0.1, 0.15) is 11.7 Å². The lowest BCUT2D eigenvalue weighted by Crippen LogP contribution is -2.29. The lowest BCUT2D eigenvalue weighted by atomic mass is 10.0. The number of aliphatic hydroxyl groups excluding tert-OH is 1. The Morgan fingerprint density at radius 2 is 2.04 bits per heavy atom. The molecule has 0 bridgehead atoms. The molecule has 2 aromatic heterocycles. The first-order valence-corrected chi connectivity index (χ1v) is 9.07. The molecule has 3 heterocycles. The molecule has 2 unspecified atom stereocenters. The summed E-state index contributed by atoms with van der Waals surface area (Å²) in [6, 6.07) is 9.38. The van der Waals surface area contributed by atoms with Crippen molar-refractivity contribution in [3.8, 4) is 11.6 Å². The van der Waals surface area contributed by atoms with Crippen LogP contribution in [0.25, 0.3) is 10.2 Å². The first-order valence-electron chi connectivity index (χ1n) is 7.75. The Kier molecular flexibility index (Phi) is 3.32. The molecule has 5 atom stereocenters. The maximum Gasteiger partial charge on any atom is 0.240 e. The van der Waals surface area contributed by atoms with Gasteiger partial charge in [-0.25, -0.2) is 9.97 Å². The molecular formula is C17H13ClN2O4S. The second-order valence-electron chi connectivity index (χ2n) is 6.17. The van der Waals surface area contributed by atoms with Gasteiger partial charge in [0.1, 0.15) is 40.7 Å². The molecule has 1 aromatic carbocycles. The minimum absolute atomic E-state index is 0.459. The third-order valence-corrected chi connectivity index (χ3v) is 6.27. The number of hydrogen-bond acceptors (Lipinski definition) is 7. The molecule has 128 valence electrons. The summed E-state index contributed by atoms with van der Waals surface area (Å²) in [6.07, 6.45) is -0.674. The van der Waals surface area contributed by atoms with Gasteiger partial charge in [0, 0.05) is 5.56 Å². The second-order valence-corrected chi connectivity index (χ2v) is 7.52. The smallest absolute Gasteiger partial charge is 0.240 e. The van der Waals surface area contributed by atoms with E-state index < -0.39 is 29.3 Å². The summed E-state index contributed by atoms with van der Waals surface area (Å²) in [5.74, 6) is 1.14. The van der Waals surface area contributed by atoms with Gasteiger partial charge in [-0.3, -0.25) is 0 Å². The van der Waals surface area contributed by atoms with Crippen LogP contribution in [0.15, 0.2) is 42.0 Å². The average Bonchev–Trinajstić information content (AvgIpc) is 2.94. The van der Waals surface area contributed by atoms with Crippen LogP contribution in [-0.2, 0) is 4.74 Å². The van der Waals surface area contributed by atoms with Gasteiger partial charge in [0.25, 0.3) is 0 Å². The van der Waals surface area contributed by atoms with Gasteiger partial charge >= 0.3 is 0 Å². The molecule has 1 aliphatic heterocycles. The van der Waals surface area contributed by atoms with Gasteiger partial charge in [-0.2, -0.15) is 0 Å². The van der Waals surface area contributed by atoms with Crippen molar-refractivity contribution in [2.75, 3.05) is 0 Å². The third-order valence-electron chi connectivity index (χ3n) is 4.72. The van der Waals surface area contributed by atoms with Crippen LogP contribution in [0.2, 0.25) is 0 Å². The molecule has 0 spiro atoms. The van der Waals surface area contributed by atoms with Crippen LogP contribution in [-0.4, -0.2) is 43.4 Å². The van der Waals surface area contributed by atoms with Gasteiger partial charge in [0.15, 0.2) is 0 Å². The Bertz CT molecular complexity index is 952. The molecule has 0 radical (unpaired) electrons. The number of para-hydroxylation sites is 1. The maximum atomic E-state index is 10.3. The molecule has 0 amide bonds. The monoisotopic (exact) mass is 376 g/mol. The number of halogens is 1. The van der Waals surface area contributed by atoms with Crippen molar-refractivity contribution in [2.24, 2.45) is 0 Å². The SMILES string of the molecule is OC1[C@H]2OC(c3csc4c(Oc5ccccc5)ncnc34)[C@H](Cl)[C@@]12O. The zero-order valence-electron chi connectivity index (χ0n) is 12.7. The van der Waals surface area contributed by atoms with E-state index in [0.717, 1.165) is 10.3 Å². The van der Waals surface area contributed by atoms with E-state index in [1.165, 1.54) is 17.7 Å². The lowest BCUT2D eigenvalue weighted by molar-refractivity contribution is 0.0282. The molecule has 2 fully saturated rings. The largest absolute Gasteiger partial charge is 0.437 e. The summed E-state index contributed by atoms with van der Waals surface area (Å²) in [5.41, 5.74) is 0.0748. The topological polar surface area (TPSA) is 84.7 Å². The number of rotatable bonds is 3. The summed E-state index contributed by atoms with van der Waals surface area (Å²) in [4.78, 5) is 8.57. The maximum absolute atomic E-state index is 10.3. The first kappa shape index (κ1) is 15.5. The number of aromatic nitrogens is 2. The van der Waals surface area contributed by atoms with Crippen LogP contribution in [0.4, 0.5) is 0 Å². The summed E-state index contributed by atoms with van der Waals surface area (Å²) in [6.45, 7) is 0. The fourth-order valence-corrected chi connectivity index (χ4v) is 4.69. The molecule has 6 nitrogen and oxygen atoms in total. The lowest BCUT2D eigenvalue weighted by Gasteiger charge is -2.19. The van der Waals surface area contributed by atoms with Crippen molar-refractivity contribution in [2.45, 2.75) is 29.3 Å². The normalized spacial score (nSPS) is 33.4. The summed E-state index contributed by atoms with van der Waals surface area (Å²) in [7, 11) is 0. The van der Waals surface area contributed by atoms with E-state index in [-0.39, 0.29) is 0 Å². The van der Waals surface area contributed by atoms with Crippen molar-refractivity contribution >= 4 is 33.2 Å². The molecular weight excluding hydrogens is 364 g/mol. The number of hydrogen-bond donors (Lipinski definition) is 2. The number of aliphatic hydroxyl groups is 2. The third kappa shape index (κ3) is 2.14. The zero-order valence-corrected chi connectivity index (χ0v) is 14.3. The van der Waals surface area contributed by atoms with Crippen molar-refractivity contribution < 1.29 is 19.7 Å². The van der Waals surface area contributed by atoms with Crippen molar-refractivity contribution in [3.05, 3.63) is 47.6 Å². The number of ether oxygens (including phenoxy) is 2. The molecule has 1 saturated carbocycles. The van der Waals surface area contributed by atoms with Gasteiger partial charge in [-0.05, 0) is 17.5 Å². The van der Waals surface area contributed by atoms with Gasteiger partial charge in [-0.1, -0.05) is 18.2 Å². The Hall–Kier alpha value is -1.77. The van der Waals surface area contributed by atoms with Crippen LogP contribution in [0, 0.1) is 0 Å². The predicted octanol–water partition coefficient (Wildman–Crippen LogP) is 2.64. The van der Waals surface area contributed by atoms with Gasteiger partial charge in [0.2, 0.25) is 5.88 Å². The summed E-state index contributed by atoms with van der Waals surface area (Å²) >= 11 is 7.79. The Balaban J connectivity index is 1.51. The fourth-order valence-electron chi connectivity index (χ4n) is 3.27. The Morgan fingerprint density at radius 3 is 2.76 bits per heavy atom. The highest BCUT2D eigenvalue weighted by Crippen LogP contribution is 2.58. The molecule has 2 aliphatic rings. The highest BCUT2D eigenvalue weighted by molar-refractivity contribution is 7.17. The van der Waals surface area contributed by atoms with E-state index in [0.29, 0.717) is 17.1 Å². The molecule has 1 saturated heterocycles. The second kappa shape index (κ2) is 5.36. The predicted molar refractivity (Wildman–Crippen MR) is 92.1 cm³/mol. The van der Waals surface area contributed by atoms with E-state index in [9.17, 15) is 10.2 Å². The summed E-state index contributed by atoms with van der Waals surface area (Å²) < 4.78 is 12.4. The van der Waals surface area contributed by atoms with Gasteiger partial charge in [-0.15, -0.1) is 22.9 Å². The van der Waals surface area contributed by atoms with E-state index in [1.54, 1.807) is 0 Å². The standard InChI is InChI=1S/C17H13ClN2O4S/c18-13-11(24-15-14(21)17(13,15)22)9-6-25-12-10(9)19-7-20-16(12)23-8-4-2-1-3-5-8/h1-7,11,13-15,21-22H/t11?,13-,14?,15+,17+/m0/s1. The number of nitrogens with zero attached hydrogens (tertiary/aromatic N) is 2. The fraction of sp³-hybridized carbons (Fsp3) is 0.294. The Labute approximate surface area is 151 Å². The molecule has 5 rings (SSSR count). The molecule has 3 aromatic rings. The molecule has 2 N–H and O–H groups in total. The van der Waals surface area contributed by atoms with Crippen LogP contribution < -0.4 is 4.74 Å². The van der Waals surface area contributed by atoms with Gasteiger partial charge < -0.3 is 19.7 Å². The van der Waals surface area contributed by atoms with E-state index in [1.807, 2.05) is 35.7 Å². The van der Waals surface area contributed by atoms with Crippen LogP contribution in [0.5, 0.6) is 11.6 Å². The van der Waals surface area contributed by atoms with E-state index in [2.05, 4.69) is 9.97 Å². The van der Waals surface area contributed by atoms with Crippen LogP contribution >= 0.6 is 22.9 Å². The number of benzene rings is 1. The Morgan fingerprint density at radius 1 is 1.24 bits per heavy atom. The highest BCUT2D eigenvalue weighted by atomic mass is 35.5. The number of thiophene rings is 1. The van der Waals surface area contributed by atoms with E-state index in [4.69, 9.17) is 21.1 Å². The van der Waals surface area contributed by atoms with Crippen LogP contribution in [0.3, 0.4) is 0 Å².